The summed E-state index contributed by atoms with van der Waals surface area (Å²) in [5.41, 5.74) is -1.88. The van der Waals surface area contributed by atoms with Crippen molar-refractivity contribution in [2.45, 2.75) is 38.9 Å². The molecule has 114 valence electrons. The van der Waals surface area contributed by atoms with E-state index in [9.17, 15) is 13.6 Å². The van der Waals surface area contributed by atoms with E-state index in [0.717, 1.165) is 13.2 Å². The zero-order valence-electron chi connectivity index (χ0n) is 12.6. The average Bonchev–Trinajstić information content (AvgIpc) is 2.60. The third-order valence-electron chi connectivity index (χ3n) is 4.02. The topological polar surface area (TPSA) is 44.8 Å². The third kappa shape index (κ3) is 2.56. The van der Waals surface area contributed by atoms with E-state index in [4.69, 9.17) is 9.31 Å². The van der Waals surface area contributed by atoms with Gasteiger partial charge in [0.1, 0.15) is 0 Å². The molecule has 1 fully saturated rings. The lowest BCUT2D eigenvalue weighted by atomic mass is 9.78. The summed E-state index contributed by atoms with van der Waals surface area (Å²) < 4.78 is 43.9. The lowest BCUT2D eigenvalue weighted by Crippen LogP contribution is -2.41. The molecule has 0 spiro atoms. The molecule has 4 nitrogen and oxygen atoms in total. The number of hydrogen-bond acceptors (Lipinski definition) is 4. The molecule has 0 radical (unpaired) electrons. The molecule has 0 aromatic heterocycles. The third-order valence-corrected chi connectivity index (χ3v) is 4.02. The van der Waals surface area contributed by atoms with Crippen LogP contribution in [0.4, 0.5) is 8.78 Å². The molecule has 0 unspecified atom stereocenters. The van der Waals surface area contributed by atoms with Gasteiger partial charge in [-0.1, -0.05) is 6.07 Å². The lowest BCUT2D eigenvalue weighted by molar-refractivity contribution is 0.00578. The molecule has 1 aromatic carbocycles. The largest absolute Gasteiger partial charge is 0.497 e. The second kappa shape index (κ2) is 5.07. The summed E-state index contributed by atoms with van der Waals surface area (Å²) in [7, 11) is 0.0677. The predicted octanol–water partition coefficient (Wildman–Crippen LogP) is 2.05. The van der Waals surface area contributed by atoms with Crippen molar-refractivity contribution in [3.8, 4) is 0 Å². The van der Waals surface area contributed by atoms with Crippen molar-refractivity contribution in [2.24, 2.45) is 0 Å². The Morgan fingerprint density at radius 3 is 2.10 bits per heavy atom. The minimum absolute atomic E-state index is 0.0844. The molecule has 1 saturated heterocycles. The van der Waals surface area contributed by atoms with Crippen LogP contribution in [0.2, 0.25) is 0 Å². The summed E-state index contributed by atoms with van der Waals surface area (Å²) in [4.78, 5) is 11.3. The van der Waals surface area contributed by atoms with Crippen molar-refractivity contribution < 1.29 is 27.6 Å². The van der Waals surface area contributed by atoms with Crippen LogP contribution in [-0.2, 0) is 14.0 Å². The van der Waals surface area contributed by atoms with Gasteiger partial charge in [-0.15, -0.1) is 0 Å². The van der Waals surface area contributed by atoms with Crippen LogP contribution in [0.5, 0.6) is 0 Å². The molecule has 7 heteroatoms. The summed E-state index contributed by atoms with van der Waals surface area (Å²) >= 11 is 0. The van der Waals surface area contributed by atoms with E-state index in [1.54, 1.807) is 0 Å². The fraction of sp³-hybridized carbons (Fsp3) is 0.500. The van der Waals surface area contributed by atoms with Crippen LogP contribution in [0, 0.1) is 11.6 Å². The molecular weight excluding hydrogens is 281 g/mol. The fourth-order valence-electron chi connectivity index (χ4n) is 1.98. The first-order valence-corrected chi connectivity index (χ1v) is 6.52. The van der Waals surface area contributed by atoms with Crippen molar-refractivity contribution in [3.63, 3.8) is 0 Å². The summed E-state index contributed by atoms with van der Waals surface area (Å²) in [6.07, 6.45) is 0. The molecule has 1 aliphatic rings. The SMILES string of the molecule is COC(=O)c1ccc(B2OC(C)(C)C(C)(C)O2)c(F)c1F. The maximum absolute atomic E-state index is 14.2. The van der Waals surface area contributed by atoms with Gasteiger partial charge in [-0.05, 0) is 33.8 Å². The minimum atomic E-state index is -1.27. The van der Waals surface area contributed by atoms with Crippen LogP contribution >= 0.6 is 0 Å². The second-order valence-corrected chi connectivity index (χ2v) is 5.91. The normalized spacial score (nSPS) is 19.7. The Morgan fingerprint density at radius 2 is 1.62 bits per heavy atom. The van der Waals surface area contributed by atoms with Gasteiger partial charge < -0.3 is 14.0 Å². The van der Waals surface area contributed by atoms with E-state index in [2.05, 4.69) is 4.74 Å². The molecule has 0 saturated carbocycles. The van der Waals surface area contributed by atoms with E-state index in [0.29, 0.717) is 0 Å². The van der Waals surface area contributed by atoms with E-state index < -0.39 is 41.5 Å². The highest BCUT2D eigenvalue weighted by Gasteiger charge is 2.52. The van der Waals surface area contributed by atoms with Crippen LogP contribution < -0.4 is 5.46 Å². The molecule has 0 aliphatic carbocycles. The smallest absolute Gasteiger partial charge is 0.465 e. The summed E-state index contributed by atoms with van der Waals surface area (Å²) in [5, 5.41) is 0. The Kier molecular flexibility index (Phi) is 3.84. The van der Waals surface area contributed by atoms with Gasteiger partial charge in [0.15, 0.2) is 11.6 Å². The number of carbonyl (C=O) groups is 1. The van der Waals surface area contributed by atoms with Crippen molar-refractivity contribution in [3.05, 3.63) is 29.3 Å². The lowest BCUT2D eigenvalue weighted by Gasteiger charge is -2.32. The van der Waals surface area contributed by atoms with Crippen LogP contribution in [0.15, 0.2) is 12.1 Å². The van der Waals surface area contributed by atoms with Gasteiger partial charge >= 0.3 is 13.1 Å². The molecule has 21 heavy (non-hydrogen) atoms. The number of esters is 1. The monoisotopic (exact) mass is 298 g/mol. The van der Waals surface area contributed by atoms with Crippen molar-refractivity contribution in [1.29, 1.82) is 0 Å². The highest BCUT2D eigenvalue weighted by Crippen LogP contribution is 2.36. The maximum Gasteiger partial charge on any atom is 0.497 e. The highest BCUT2D eigenvalue weighted by atomic mass is 19.2. The van der Waals surface area contributed by atoms with Gasteiger partial charge in [0, 0.05) is 5.46 Å². The van der Waals surface area contributed by atoms with Crippen LogP contribution in [0.1, 0.15) is 38.1 Å². The molecule has 1 heterocycles. The van der Waals surface area contributed by atoms with Crippen LogP contribution in [0.3, 0.4) is 0 Å². The number of hydrogen-bond donors (Lipinski definition) is 0. The number of ether oxygens (including phenoxy) is 1. The second-order valence-electron chi connectivity index (χ2n) is 5.91. The van der Waals surface area contributed by atoms with Crippen molar-refractivity contribution in [2.75, 3.05) is 7.11 Å². The van der Waals surface area contributed by atoms with Crippen molar-refractivity contribution >= 4 is 18.6 Å². The zero-order valence-corrected chi connectivity index (χ0v) is 12.6. The quantitative estimate of drug-likeness (QED) is 0.619. The summed E-state index contributed by atoms with van der Waals surface area (Å²) in [5.74, 6) is -3.38. The number of benzene rings is 1. The Labute approximate surface area is 122 Å². The van der Waals surface area contributed by atoms with Gasteiger partial charge in [-0.3, -0.25) is 0 Å². The first-order valence-electron chi connectivity index (χ1n) is 6.52. The van der Waals surface area contributed by atoms with Crippen LogP contribution in [-0.4, -0.2) is 31.4 Å². The number of carbonyl (C=O) groups excluding carboxylic acids is 1. The average molecular weight is 298 g/mol. The number of methoxy groups -OCH3 is 1. The maximum atomic E-state index is 14.2. The van der Waals surface area contributed by atoms with E-state index in [1.807, 2.05) is 27.7 Å². The van der Waals surface area contributed by atoms with Gasteiger partial charge in [-0.25, -0.2) is 13.6 Å². The zero-order chi connectivity index (χ0) is 16.0. The highest BCUT2D eigenvalue weighted by molar-refractivity contribution is 6.62. The Bertz CT molecular complexity index is 571. The Morgan fingerprint density at radius 1 is 1.10 bits per heavy atom. The molecule has 0 atom stereocenters. The van der Waals surface area contributed by atoms with E-state index in [1.165, 1.54) is 6.07 Å². The molecular formula is C14H17BF2O4. The Hall–Kier alpha value is -1.47. The minimum Gasteiger partial charge on any atom is -0.465 e. The van der Waals surface area contributed by atoms with E-state index >= 15 is 0 Å². The molecule has 0 N–H and O–H groups in total. The molecule has 1 aromatic rings. The van der Waals surface area contributed by atoms with Gasteiger partial charge in [0.2, 0.25) is 0 Å². The Balaban J connectivity index is 2.40. The van der Waals surface area contributed by atoms with Gasteiger partial charge in [0.25, 0.3) is 0 Å². The number of halogens is 2. The summed E-state index contributed by atoms with van der Waals surface area (Å²) in [6, 6.07) is 2.43. The fourth-order valence-corrected chi connectivity index (χ4v) is 1.98. The predicted molar refractivity (Wildman–Crippen MR) is 73.4 cm³/mol. The summed E-state index contributed by atoms with van der Waals surface area (Å²) in [6.45, 7) is 7.24. The molecule has 2 rings (SSSR count). The van der Waals surface area contributed by atoms with Gasteiger partial charge in [0.05, 0.1) is 23.9 Å². The standard InChI is InChI=1S/C14H17BF2O4/c1-13(2)14(3,4)21-15(20-13)9-7-6-8(12(18)19-5)10(16)11(9)17/h6-7H,1-5H3. The van der Waals surface area contributed by atoms with Crippen LogP contribution in [0.25, 0.3) is 0 Å². The number of rotatable bonds is 2. The first kappa shape index (κ1) is 15.9. The molecule has 0 amide bonds. The van der Waals surface area contributed by atoms with Crippen molar-refractivity contribution in [1.82, 2.24) is 0 Å². The van der Waals surface area contributed by atoms with Gasteiger partial charge in [-0.2, -0.15) is 0 Å². The molecule has 1 aliphatic heterocycles. The first-order chi connectivity index (χ1) is 9.60. The van der Waals surface area contributed by atoms with E-state index in [-0.39, 0.29) is 5.46 Å². The molecule has 0 bridgehead atoms.